The monoisotopic (exact) mass is 242 g/mol. The van der Waals surface area contributed by atoms with Crippen LogP contribution in [0.2, 0.25) is 0 Å². The highest BCUT2D eigenvalue weighted by atomic mass is 15.0. The fraction of sp³-hybridized carbons (Fsp3) is 0.286. The minimum Gasteiger partial charge on any atom is -0.370 e. The zero-order chi connectivity index (χ0) is 12.5. The first-order valence-electron chi connectivity index (χ1n) is 6.20. The van der Waals surface area contributed by atoms with Gasteiger partial charge < -0.3 is 10.6 Å². The number of anilines is 1. The van der Waals surface area contributed by atoms with Gasteiger partial charge in [-0.15, -0.1) is 0 Å². The van der Waals surface area contributed by atoms with Gasteiger partial charge in [-0.1, -0.05) is 12.1 Å². The van der Waals surface area contributed by atoms with Crippen LogP contribution >= 0.6 is 0 Å². The molecule has 0 aliphatic carbocycles. The standard InChI is InChI=1S/C14H18N4/c1-2-9-17-14(6-1)18-10-4-8-16-12-13-5-3-7-15-11-13/h1-3,5-7,9,11,16H,4,8,10,12H2,(H,17,18). The molecule has 0 aliphatic rings. The molecule has 0 amide bonds. The van der Waals surface area contributed by atoms with Crippen LogP contribution in [-0.2, 0) is 6.54 Å². The molecule has 0 aromatic carbocycles. The van der Waals surface area contributed by atoms with Crippen LogP contribution in [0.25, 0.3) is 0 Å². The second kappa shape index (κ2) is 7.40. The molecule has 0 atom stereocenters. The summed E-state index contributed by atoms with van der Waals surface area (Å²) in [5.74, 6) is 0.935. The molecule has 2 N–H and O–H groups in total. The Morgan fingerprint density at radius 2 is 2.00 bits per heavy atom. The van der Waals surface area contributed by atoms with Crippen LogP contribution in [0.1, 0.15) is 12.0 Å². The maximum atomic E-state index is 4.20. The Bertz CT molecular complexity index is 387. The molecule has 2 rings (SSSR count). The molecule has 4 heteroatoms. The fourth-order valence-electron chi connectivity index (χ4n) is 1.63. The predicted octanol–water partition coefficient (Wildman–Crippen LogP) is 2.07. The minimum absolute atomic E-state index is 0.872. The van der Waals surface area contributed by atoms with Crippen molar-refractivity contribution >= 4 is 5.82 Å². The van der Waals surface area contributed by atoms with Gasteiger partial charge in [-0.25, -0.2) is 4.98 Å². The average Bonchev–Trinajstić information content (AvgIpc) is 2.45. The van der Waals surface area contributed by atoms with E-state index in [1.807, 2.05) is 30.5 Å². The van der Waals surface area contributed by atoms with Crippen molar-refractivity contribution in [3.05, 3.63) is 54.5 Å². The number of rotatable bonds is 7. The molecule has 0 bridgehead atoms. The molecular formula is C14H18N4. The van der Waals surface area contributed by atoms with E-state index in [9.17, 15) is 0 Å². The van der Waals surface area contributed by atoms with E-state index in [0.717, 1.165) is 31.9 Å². The van der Waals surface area contributed by atoms with Crippen molar-refractivity contribution in [2.45, 2.75) is 13.0 Å². The number of nitrogens with zero attached hydrogens (tertiary/aromatic N) is 2. The summed E-state index contributed by atoms with van der Waals surface area (Å²) in [5.41, 5.74) is 1.22. The van der Waals surface area contributed by atoms with E-state index in [2.05, 4.69) is 26.7 Å². The lowest BCUT2D eigenvalue weighted by atomic mass is 10.3. The van der Waals surface area contributed by atoms with E-state index in [1.54, 1.807) is 12.4 Å². The third-order valence-corrected chi connectivity index (χ3v) is 2.55. The summed E-state index contributed by atoms with van der Waals surface area (Å²) in [5, 5.41) is 6.67. The number of hydrogen-bond donors (Lipinski definition) is 2. The summed E-state index contributed by atoms with van der Waals surface area (Å²) < 4.78 is 0. The van der Waals surface area contributed by atoms with Crippen LogP contribution in [-0.4, -0.2) is 23.1 Å². The van der Waals surface area contributed by atoms with Crippen molar-refractivity contribution in [1.82, 2.24) is 15.3 Å². The summed E-state index contributed by atoms with van der Waals surface area (Å²) in [6.45, 7) is 2.78. The minimum atomic E-state index is 0.872. The second-order valence-electron chi connectivity index (χ2n) is 4.03. The Kier molecular flexibility index (Phi) is 5.14. The number of hydrogen-bond acceptors (Lipinski definition) is 4. The van der Waals surface area contributed by atoms with Crippen molar-refractivity contribution in [3.8, 4) is 0 Å². The predicted molar refractivity (Wildman–Crippen MR) is 73.3 cm³/mol. The second-order valence-corrected chi connectivity index (χ2v) is 4.03. The van der Waals surface area contributed by atoms with Crippen molar-refractivity contribution < 1.29 is 0 Å². The Morgan fingerprint density at radius 1 is 1.00 bits per heavy atom. The molecule has 0 radical (unpaired) electrons. The first kappa shape index (κ1) is 12.5. The van der Waals surface area contributed by atoms with Gasteiger partial charge in [0.25, 0.3) is 0 Å². The number of aromatic nitrogens is 2. The highest BCUT2D eigenvalue weighted by Gasteiger charge is 1.93. The molecule has 0 unspecified atom stereocenters. The molecule has 4 nitrogen and oxygen atoms in total. The molecule has 0 spiro atoms. The van der Waals surface area contributed by atoms with E-state index >= 15 is 0 Å². The molecule has 18 heavy (non-hydrogen) atoms. The Hall–Kier alpha value is -1.94. The lowest BCUT2D eigenvalue weighted by molar-refractivity contribution is 0.661. The van der Waals surface area contributed by atoms with Gasteiger partial charge in [-0.05, 0) is 36.7 Å². The number of nitrogens with one attached hydrogen (secondary N) is 2. The Balaban J connectivity index is 1.54. The molecule has 0 saturated heterocycles. The summed E-state index contributed by atoms with van der Waals surface area (Å²) in [6, 6.07) is 9.91. The van der Waals surface area contributed by atoms with Crippen LogP contribution in [0.15, 0.2) is 48.9 Å². The molecular weight excluding hydrogens is 224 g/mol. The van der Waals surface area contributed by atoms with Gasteiger partial charge in [0.1, 0.15) is 5.82 Å². The van der Waals surface area contributed by atoms with Gasteiger partial charge >= 0.3 is 0 Å². The lowest BCUT2D eigenvalue weighted by Crippen LogP contribution is -2.17. The van der Waals surface area contributed by atoms with E-state index in [1.165, 1.54) is 5.56 Å². The fourth-order valence-corrected chi connectivity index (χ4v) is 1.63. The molecule has 0 fully saturated rings. The van der Waals surface area contributed by atoms with Crippen molar-refractivity contribution in [2.75, 3.05) is 18.4 Å². The molecule has 94 valence electrons. The van der Waals surface area contributed by atoms with Crippen LogP contribution < -0.4 is 10.6 Å². The van der Waals surface area contributed by atoms with Gasteiger partial charge in [-0.2, -0.15) is 0 Å². The third-order valence-electron chi connectivity index (χ3n) is 2.55. The normalized spacial score (nSPS) is 10.2. The van der Waals surface area contributed by atoms with E-state index in [4.69, 9.17) is 0 Å². The smallest absolute Gasteiger partial charge is 0.125 e. The van der Waals surface area contributed by atoms with Gasteiger partial charge in [0.05, 0.1) is 0 Å². The van der Waals surface area contributed by atoms with Gasteiger partial charge in [-0.3, -0.25) is 4.98 Å². The van der Waals surface area contributed by atoms with Gasteiger partial charge in [0, 0.05) is 31.7 Å². The lowest BCUT2D eigenvalue weighted by Gasteiger charge is -2.06. The molecule has 2 aromatic rings. The van der Waals surface area contributed by atoms with E-state index in [-0.39, 0.29) is 0 Å². The summed E-state index contributed by atoms with van der Waals surface area (Å²) in [4.78, 5) is 8.28. The van der Waals surface area contributed by atoms with Crippen LogP contribution in [0, 0.1) is 0 Å². The van der Waals surface area contributed by atoms with Crippen LogP contribution in [0.4, 0.5) is 5.82 Å². The van der Waals surface area contributed by atoms with Gasteiger partial charge in [0.15, 0.2) is 0 Å². The maximum Gasteiger partial charge on any atom is 0.125 e. The highest BCUT2D eigenvalue weighted by Crippen LogP contribution is 1.99. The maximum absolute atomic E-state index is 4.20. The van der Waals surface area contributed by atoms with Crippen LogP contribution in [0.5, 0.6) is 0 Å². The Labute approximate surface area is 107 Å². The van der Waals surface area contributed by atoms with Crippen molar-refractivity contribution in [1.29, 1.82) is 0 Å². The third kappa shape index (κ3) is 4.51. The molecule has 2 aromatic heterocycles. The Morgan fingerprint density at radius 3 is 2.78 bits per heavy atom. The first-order valence-corrected chi connectivity index (χ1v) is 6.20. The quantitative estimate of drug-likeness (QED) is 0.730. The summed E-state index contributed by atoms with van der Waals surface area (Å²) >= 11 is 0. The first-order chi connectivity index (χ1) is 8.95. The SMILES string of the molecule is c1ccc(NCCCNCc2cccnc2)nc1. The summed E-state index contributed by atoms with van der Waals surface area (Å²) in [6.07, 6.45) is 6.54. The van der Waals surface area contributed by atoms with Crippen molar-refractivity contribution in [3.63, 3.8) is 0 Å². The largest absolute Gasteiger partial charge is 0.370 e. The number of pyridine rings is 2. The molecule has 2 heterocycles. The topological polar surface area (TPSA) is 49.8 Å². The zero-order valence-corrected chi connectivity index (χ0v) is 10.3. The zero-order valence-electron chi connectivity index (χ0n) is 10.3. The van der Waals surface area contributed by atoms with E-state index < -0.39 is 0 Å². The van der Waals surface area contributed by atoms with Crippen LogP contribution in [0.3, 0.4) is 0 Å². The molecule has 0 aliphatic heterocycles. The van der Waals surface area contributed by atoms with Gasteiger partial charge in [0.2, 0.25) is 0 Å². The molecule has 0 saturated carbocycles. The highest BCUT2D eigenvalue weighted by molar-refractivity contribution is 5.32. The van der Waals surface area contributed by atoms with Crippen molar-refractivity contribution in [2.24, 2.45) is 0 Å². The average molecular weight is 242 g/mol. The van der Waals surface area contributed by atoms with E-state index in [0.29, 0.717) is 0 Å². The summed E-state index contributed by atoms with van der Waals surface area (Å²) in [7, 11) is 0.